The first-order valence-corrected chi connectivity index (χ1v) is 18.1. The fourth-order valence-corrected chi connectivity index (χ4v) is 5.18. The van der Waals surface area contributed by atoms with Gasteiger partial charge in [0, 0.05) is 6.54 Å². The molecule has 0 aromatic rings. The van der Waals surface area contributed by atoms with E-state index in [1.54, 1.807) is 0 Å². The molecule has 41 heavy (non-hydrogen) atoms. The van der Waals surface area contributed by atoms with Crippen molar-refractivity contribution < 1.29 is 14.6 Å². The Morgan fingerprint density at radius 1 is 0.512 bits per heavy atom. The molecule has 244 valence electrons. The minimum absolute atomic E-state index is 0.233. The van der Waals surface area contributed by atoms with E-state index in [0.29, 0.717) is 6.61 Å². The van der Waals surface area contributed by atoms with Gasteiger partial charge in [-0.3, -0.25) is 0 Å². The molecule has 0 fully saturated rings. The zero-order valence-corrected chi connectivity index (χ0v) is 28.0. The van der Waals surface area contributed by atoms with Crippen molar-refractivity contribution in [2.75, 3.05) is 26.8 Å². The van der Waals surface area contributed by atoms with Crippen molar-refractivity contribution >= 4 is 0 Å². The third kappa shape index (κ3) is 33.7. The van der Waals surface area contributed by atoms with Gasteiger partial charge in [-0.05, 0) is 84.1 Å². The number of hydrogen-bond acceptors (Lipinski definition) is 4. The van der Waals surface area contributed by atoms with Crippen LogP contribution in [0.5, 0.6) is 0 Å². The molecule has 2 N–H and O–H groups in total. The number of allylic oxidation sites excluding steroid dienone is 4. The van der Waals surface area contributed by atoms with Gasteiger partial charge in [-0.2, -0.15) is 0 Å². The maximum Gasteiger partial charge on any atom is 0.154 e. The zero-order chi connectivity index (χ0) is 29.9. The monoisotopic (exact) mass is 580 g/mol. The Balaban J connectivity index is 3.74. The van der Waals surface area contributed by atoms with E-state index in [9.17, 15) is 5.11 Å². The first-order chi connectivity index (χ1) is 20.2. The highest BCUT2D eigenvalue weighted by Gasteiger charge is 2.11. The van der Waals surface area contributed by atoms with Gasteiger partial charge >= 0.3 is 0 Å². The van der Waals surface area contributed by atoms with Crippen LogP contribution in [0.15, 0.2) is 24.3 Å². The summed E-state index contributed by atoms with van der Waals surface area (Å²) in [7, 11) is 1.97. The Hall–Kier alpha value is -0.680. The predicted octanol–water partition coefficient (Wildman–Crippen LogP) is 10.8. The van der Waals surface area contributed by atoms with Gasteiger partial charge in [-0.15, -0.1) is 0 Å². The largest absolute Gasteiger partial charge is 0.377 e. The number of aliphatic hydroxyl groups is 1. The van der Waals surface area contributed by atoms with Gasteiger partial charge in [0.2, 0.25) is 0 Å². The molecular formula is C37H73NO3. The molecule has 2 unspecified atom stereocenters. The van der Waals surface area contributed by atoms with Crippen LogP contribution in [-0.4, -0.2) is 44.3 Å². The molecule has 0 aromatic heterocycles. The molecule has 0 heterocycles. The topological polar surface area (TPSA) is 50.7 Å². The van der Waals surface area contributed by atoms with E-state index in [1.165, 1.54) is 135 Å². The average Bonchev–Trinajstić information content (AvgIpc) is 2.97. The summed E-state index contributed by atoms with van der Waals surface area (Å²) in [6.07, 6.45) is 40.2. The molecular weight excluding hydrogens is 506 g/mol. The minimum Gasteiger partial charge on any atom is -0.377 e. The molecule has 4 nitrogen and oxygen atoms in total. The number of unbranched alkanes of at least 4 members (excludes halogenated alkanes) is 18. The second kappa shape index (κ2) is 35.5. The number of nitrogens with one attached hydrogen (secondary N) is 1. The van der Waals surface area contributed by atoms with E-state index in [0.717, 1.165) is 38.8 Å². The van der Waals surface area contributed by atoms with Gasteiger partial charge in [0.1, 0.15) is 0 Å². The normalized spacial score (nSPS) is 13.6. The maximum absolute atomic E-state index is 10.3. The van der Waals surface area contributed by atoms with Gasteiger partial charge in [0.15, 0.2) is 6.29 Å². The van der Waals surface area contributed by atoms with E-state index in [-0.39, 0.29) is 6.10 Å². The van der Waals surface area contributed by atoms with Crippen LogP contribution in [0, 0.1) is 0 Å². The first-order valence-electron chi connectivity index (χ1n) is 18.1. The van der Waals surface area contributed by atoms with E-state index in [1.807, 2.05) is 7.05 Å². The maximum atomic E-state index is 10.3. The lowest BCUT2D eigenvalue weighted by atomic mass is 10.0. The second-order valence-electron chi connectivity index (χ2n) is 12.0. The number of rotatable bonds is 34. The lowest BCUT2D eigenvalue weighted by Gasteiger charge is -2.19. The highest BCUT2D eigenvalue weighted by Crippen LogP contribution is 2.15. The van der Waals surface area contributed by atoms with Crippen molar-refractivity contribution in [2.24, 2.45) is 0 Å². The third-order valence-corrected chi connectivity index (χ3v) is 7.96. The molecule has 0 aliphatic carbocycles. The summed E-state index contributed by atoms with van der Waals surface area (Å²) in [6, 6.07) is 0. The molecule has 0 aromatic carbocycles. The summed E-state index contributed by atoms with van der Waals surface area (Å²) < 4.78 is 11.9. The Labute approximate surface area is 257 Å². The molecule has 0 aliphatic heterocycles. The third-order valence-electron chi connectivity index (χ3n) is 7.96. The lowest BCUT2D eigenvalue weighted by molar-refractivity contribution is -0.113. The van der Waals surface area contributed by atoms with Crippen LogP contribution in [0.1, 0.15) is 174 Å². The van der Waals surface area contributed by atoms with E-state index in [2.05, 4.69) is 43.5 Å². The zero-order valence-electron chi connectivity index (χ0n) is 28.0. The molecule has 0 bridgehead atoms. The highest BCUT2D eigenvalue weighted by atomic mass is 16.6. The summed E-state index contributed by atoms with van der Waals surface area (Å²) in [5.74, 6) is 0. The SMILES string of the molecule is CCCCCCC=CCCCCCCCC(O)OCCC(CCCCCCCC=CCCCCCC)OCCNC. The highest BCUT2D eigenvalue weighted by molar-refractivity contribution is 4.82. The van der Waals surface area contributed by atoms with Crippen LogP contribution >= 0.6 is 0 Å². The fraction of sp³-hybridized carbons (Fsp3) is 0.892. The molecule has 0 saturated carbocycles. The molecule has 2 atom stereocenters. The standard InChI is InChI=1S/C37H73NO3/c1-4-6-8-10-12-14-16-18-20-22-24-26-28-30-36(40-35-33-38-3)32-34-41-37(39)31-29-27-25-23-21-19-17-15-13-11-9-7-5-2/h14-17,36-39H,4-13,18-35H2,1-3H3. The van der Waals surface area contributed by atoms with Gasteiger partial charge < -0.3 is 19.9 Å². The predicted molar refractivity (Wildman–Crippen MR) is 181 cm³/mol. The molecule has 0 saturated heterocycles. The molecule has 0 spiro atoms. The van der Waals surface area contributed by atoms with Crippen molar-refractivity contribution in [1.29, 1.82) is 0 Å². The minimum atomic E-state index is -0.631. The molecule has 0 radical (unpaired) electrons. The lowest BCUT2D eigenvalue weighted by Crippen LogP contribution is -2.23. The number of likely N-dealkylation sites (N-methyl/N-ethyl adjacent to an activating group) is 1. The van der Waals surface area contributed by atoms with E-state index in [4.69, 9.17) is 9.47 Å². The number of hydrogen-bond donors (Lipinski definition) is 2. The van der Waals surface area contributed by atoms with Crippen LogP contribution < -0.4 is 5.32 Å². The Bertz CT molecular complexity index is 536. The second-order valence-corrected chi connectivity index (χ2v) is 12.0. The summed E-state index contributed by atoms with van der Waals surface area (Å²) in [4.78, 5) is 0. The van der Waals surface area contributed by atoms with Gasteiger partial charge in [-0.1, -0.05) is 122 Å². The van der Waals surface area contributed by atoms with Crippen molar-refractivity contribution in [3.8, 4) is 0 Å². The van der Waals surface area contributed by atoms with Crippen LogP contribution in [0.3, 0.4) is 0 Å². The van der Waals surface area contributed by atoms with Crippen LogP contribution in [-0.2, 0) is 9.47 Å². The Morgan fingerprint density at radius 3 is 1.44 bits per heavy atom. The first kappa shape index (κ1) is 40.3. The van der Waals surface area contributed by atoms with Gasteiger partial charge in [-0.25, -0.2) is 0 Å². The number of ether oxygens (including phenoxy) is 2. The molecule has 0 aliphatic rings. The van der Waals surface area contributed by atoms with Crippen LogP contribution in [0.2, 0.25) is 0 Å². The van der Waals surface area contributed by atoms with E-state index >= 15 is 0 Å². The number of aliphatic hydroxyl groups excluding tert-OH is 1. The summed E-state index contributed by atoms with van der Waals surface area (Å²) in [6.45, 7) is 6.74. The van der Waals surface area contributed by atoms with Crippen LogP contribution in [0.25, 0.3) is 0 Å². The van der Waals surface area contributed by atoms with Gasteiger partial charge in [0.25, 0.3) is 0 Å². The summed E-state index contributed by atoms with van der Waals surface area (Å²) >= 11 is 0. The fourth-order valence-electron chi connectivity index (χ4n) is 5.18. The van der Waals surface area contributed by atoms with E-state index < -0.39 is 6.29 Å². The molecule has 4 heteroatoms. The Kier molecular flexibility index (Phi) is 34.9. The smallest absolute Gasteiger partial charge is 0.154 e. The quantitative estimate of drug-likeness (QED) is 0.0452. The van der Waals surface area contributed by atoms with Crippen molar-refractivity contribution in [2.45, 2.75) is 187 Å². The van der Waals surface area contributed by atoms with Gasteiger partial charge in [0.05, 0.1) is 19.3 Å². The van der Waals surface area contributed by atoms with Crippen molar-refractivity contribution in [3.63, 3.8) is 0 Å². The van der Waals surface area contributed by atoms with Crippen LogP contribution in [0.4, 0.5) is 0 Å². The summed E-state index contributed by atoms with van der Waals surface area (Å²) in [5, 5.41) is 13.4. The summed E-state index contributed by atoms with van der Waals surface area (Å²) in [5.41, 5.74) is 0. The van der Waals surface area contributed by atoms with Crippen molar-refractivity contribution in [1.82, 2.24) is 5.32 Å². The van der Waals surface area contributed by atoms with Crippen molar-refractivity contribution in [3.05, 3.63) is 24.3 Å². The average molecular weight is 580 g/mol. The Morgan fingerprint density at radius 2 is 0.951 bits per heavy atom. The molecule has 0 rings (SSSR count). The molecule has 0 amide bonds.